The lowest BCUT2D eigenvalue weighted by molar-refractivity contribution is -0.125. The monoisotopic (exact) mass is 385 g/mol. The average molecular weight is 385 g/mol. The van der Waals surface area contributed by atoms with E-state index in [1.54, 1.807) is 11.3 Å². The van der Waals surface area contributed by atoms with Crippen LogP contribution in [-0.4, -0.2) is 40.7 Å². The lowest BCUT2D eigenvalue weighted by Crippen LogP contribution is -2.44. The summed E-state index contributed by atoms with van der Waals surface area (Å²) >= 11 is 1.72. The Kier molecular flexibility index (Phi) is 5.07. The summed E-state index contributed by atoms with van der Waals surface area (Å²) in [5.74, 6) is 1.57. The second-order valence-electron chi connectivity index (χ2n) is 6.95. The first-order chi connectivity index (χ1) is 13.1. The standard InChI is InChI=1S/C19H23N5O2S/c1-12-16-17(21-13(2)22-19(16)26-23-12)24-9-3-5-14(11-24)18(25)20-8-7-15-6-4-10-27-15/h4,6,10,14H,3,5,7-9,11H2,1-2H3,(H,20,25)/t14-/m0/s1. The van der Waals surface area contributed by atoms with Crippen LogP contribution in [0.25, 0.3) is 11.1 Å². The van der Waals surface area contributed by atoms with Crippen LogP contribution in [0, 0.1) is 19.8 Å². The zero-order valence-corrected chi connectivity index (χ0v) is 16.4. The van der Waals surface area contributed by atoms with E-state index >= 15 is 0 Å². The van der Waals surface area contributed by atoms with Gasteiger partial charge in [0, 0.05) is 24.5 Å². The molecule has 1 saturated heterocycles. The molecule has 1 N–H and O–H groups in total. The maximum Gasteiger partial charge on any atom is 0.263 e. The van der Waals surface area contributed by atoms with Gasteiger partial charge in [0.15, 0.2) is 0 Å². The van der Waals surface area contributed by atoms with Crippen molar-refractivity contribution in [1.29, 1.82) is 0 Å². The van der Waals surface area contributed by atoms with Crippen molar-refractivity contribution in [2.45, 2.75) is 33.1 Å². The quantitative estimate of drug-likeness (QED) is 0.727. The van der Waals surface area contributed by atoms with Crippen molar-refractivity contribution < 1.29 is 9.32 Å². The van der Waals surface area contributed by atoms with Gasteiger partial charge in [0.1, 0.15) is 17.0 Å². The average Bonchev–Trinajstić information content (AvgIpc) is 3.31. The number of aryl methyl sites for hydroxylation is 2. The zero-order valence-electron chi connectivity index (χ0n) is 15.6. The minimum atomic E-state index is -0.0347. The zero-order chi connectivity index (χ0) is 18.8. The molecule has 1 aliphatic heterocycles. The molecule has 0 bridgehead atoms. The van der Waals surface area contributed by atoms with Gasteiger partial charge in [-0.3, -0.25) is 4.79 Å². The van der Waals surface area contributed by atoms with E-state index in [0.29, 0.717) is 24.6 Å². The van der Waals surface area contributed by atoms with Gasteiger partial charge >= 0.3 is 0 Å². The first-order valence-electron chi connectivity index (χ1n) is 9.27. The highest BCUT2D eigenvalue weighted by atomic mass is 32.1. The molecule has 7 nitrogen and oxygen atoms in total. The third kappa shape index (κ3) is 3.80. The third-order valence-electron chi connectivity index (χ3n) is 4.94. The number of thiophene rings is 1. The molecule has 0 saturated carbocycles. The summed E-state index contributed by atoms with van der Waals surface area (Å²) in [5.41, 5.74) is 1.29. The molecule has 1 atom stereocenters. The Hall–Kier alpha value is -2.48. The number of fused-ring (bicyclic) bond motifs is 1. The van der Waals surface area contributed by atoms with Crippen LogP contribution in [0.3, 0.4) is 0 Å². The summed E-state index contributed by atoms with van der Waals surface area (Å²) in [5, 5.41) is 10.0. The molecule has 27 heavy (non-hydrogen) atoms. The van der Waals surface area contributed by atoms with E-state index in [9.17, 15) is 4.79 Å². The third-order valence-corrected chi connectivity index (χ3v) is 5.88. The van der Waals surface area contributed by atoms with Gasteiger partial charge in [0.05, 0.1) is 11.6 Å². The molecule has 4 heterocycles. The second kappa shape index (κ2) is 7.64. The Labute approximate surface area is 161 Å². The number of aromatic nitrogens is 3. The minimum Gasteiger partial charge on any atom is -0.355 e. The number of carbonyl (C=O) groups excluding carboxylic acids is 1. The first kappa shape index (κ1) is 17.9. The lowest BCUT2D eigenvalue weighted by atomic mass is 9.97. The van der Waals surface area contributed by atoms with Crippen molar-refractivity contribution in [2.75, 3.05) is 24.5 Å². The summed E-state index contributed by atoms with van der Waals surface area (Å²) in [6.45, 7) is 5.94. The van der Waals surface area contributed by atoms with Gasteiger partial charge in [0.2, 0.25) is 5.91 Å². The Morgan fingerprint density at radius 3 is 3.11 bits per heavy atom. The van der Waals surface area contributed by atoms with Crippen molar-refractivity contribution in [1.82, 2.24) is 20.4 Å². The molecule has 8 heteroatoms. The molecule has 0 aliphatic carbocycles. The molecule has 1 amide bonds. The molecule has 1 aliphatic rings. The fraction of sp³-hybridized carbons (Fsp3) is 0.474. The van der Waals surface area contributed by atoms with E-state index < -0.39 is 0 Å². The van der Waals surface area contributed by atoms with E-state index in [4.69, 9.17) is 4.52 Å². The van der Waals surface area contributed by atoms with Crippen LogP contribution in [0.2, 0.25) is 0 Å². The van der Waals surface area contributed by atoms with E-state index in [2.05, 4.69) is 36.8 Å². The largest absolute Gasteiger partial charge is 0.355 e. The SMILES string of the molecule is Cc1nc(N2CCC[C@H](C(=O)NCCc3cccs3)C2)c2c(C)noc2n1. The molecule has 0 aromatic carbocycles. The van der Waals surface area contributed by atoms with Crippen LogP contribution in [0.15, 0.2) is 22.0 Å². The maximum absolute atomic E-state index is 12.7. The van der Waals surface area contributed by atoms with E-state index in [1.165, 1.54) is 4.88 Å². The smallest absolute Gasteiger partial charge is 0.263 e. The van der Waals surface area contributed by atoms with Crippen LogP contribution < -0.4 is 10.2 Å². The molecular weight excluding hydrogens is 362 g/mol. The van der Waals surface area contributed by atoms with E-state index in [0.717, 1.165) is 42.7 Å². The van der Waals surface area contributed by atoms with Crippen molar-refractivity contribution in [3.63, 3.8) is 0 Å². The fourth-order valence-corrected chi connectivity index (χ4v) is 4.30. The van der Waals surface area contributed by atoms with E-state index in [1.807, 2.05) is 19.9 Å². The number of nitrogens with zero attached hydrogens (tertiary/aromatic N) is 4. The second-order valence-corrected chi connectivity index (χ2v) is 7.98. The molecule has 142 valence electrons. The van der Waals surface area contributed by atoms with Gasteiger partial charge < -0.3 is 14.7 Å². The van der Waals surface area contributed by atoms with Crippen molar-refractivity contribution in [2.24, 2.45) is 5.92 Å². The summed E-state index contributed by atoms with van der Waals surface area (Å²) in [7, 11) is 0. The Morgan fingerprint density at radius 1 is 1.41 bits per heavy atom. The highest BCUT2D eigenvalue weighted by molar-refractivity contribution is 7.09. The first-order valence-corrected chi connectivity index (χ1v) is 10.2. The molecule has 3 aromatic rings. The molecule has 0 radical (unpaired) electrons. The number of piperidine rings is 1. The van der Waals surface area contributed by atoms with Crippen molar-refractivity contribution in [3.05, 3.63) is 33.9 Å². The molecule has 4 rings (SSSR count). The number of rotatable bonds is 5. The molecule has 3 aromatic heterocycles. The number of nitrogens with one attached hydrogen (secondary N) is 1. The van der Waals surface area contributed by atoms with Gasteiger partial charge in [-0.15, -0.1) is 11.3 Å². The highest BCUT2D eigenvalue weighted by Crippen LogP contribution is 2.30. The fourth-order valence-electron chi connectivity index (χ4n) is 3.59. The Morgan fingerprint density at radius 2 is 2.30 bits per heavy atom. The molecular formula is C19H23N5O2S. The summed E-state index contributed by atoms with van der Waals surface area (Å²) < 4.78 is 5.32. The van der Waals surface area contributed by atoms with Crippen LogP contribution in [0.4, 0.5) is 5.82 Å². The van der Waals surface area contributed by atoms with Crippen LogP contribution in [0.5, 0.6) is 0 Å². The number of hydrogen-bond acceptors (Lipinski definition) is 7. The van der Waals surface area contributed by atoms with Crippen LogP contribution in [-0.2, 0) is 11.2 Å². The van der Waals surface area contributed by atoms with Gasteiger partial charge in [0.25, 0.3) is 5.71 Å². The van der Waals surface area contributed by atoms with Gasteiger partial charge in [-0.05, 0) is 44.6 Å². The summed E-state index contributed by atoms with van der Waals surface area (Å²) in [6, 6.07) is 4.14. The Balaban J connectivity index is 1.45. The van der Waals surface area contributed by atoms with Crippen LogP contribution >= 0.6 is 11.3 Å². The molecule has 0 spiro atoms. The maximum atomic E-state index is 12.7. The molecule has 0 unspecified atom stereocenters. The lowest BCUT2D eigenvalue weighted by Gasteiger charge is -2.33. The normalized spacial score (nSPS) is 17.4. The number of anilines is 1. The molecule has 1 fully saturated rings. The highest BCUT2D eigenvalue weighted by Gasteiger charge is 2.28. The van der Waals surface area contributed by atoms with Gasteiger partial charge in [-0.2, -0.15) is 4.98 Å². The van der Waals surface area contributed by atoms with E-state index in [-0.39, 0.29) is 11.8 Å². The predicted octanol–water partition coefficient (Wildman–Crippen LogP) is 2.87. The summed E-state index contributed by atoms with van der Waals surface area (Å²) in [6.07, 6.45) is 2.74. The van der Waals surface area contributed by atoms with Crippen molar-refractivity contribution >= 4 is 34.2 Å². The Bertz CT molecular complexity index is 937. The summed E-state index contributed by atoms with van der Waals surface area (Å²) in [4.78, 5) is 25.1. The van der Waals surface area contributed by atoms with Gasteiger partial charge in [-0.25, -0.2) is 4.98 Å². The topological polar surface area (TPSA) is 84.2 Å². The number of carbonyl (C=O) groups is 1. The number of amides is 1. The predicted molar refractivity (Wildman–Crippen MR) is 105 cm³/mol. The van der Waals surface area contributed by atoms with Crippen molar-refractivity contribution in [3.8, 4) is 0 Å². The number of hydrogen-bond donors (Lipinski definition) is 1. The minimum absolute atomic E-state index is 0.0347. The van der Waals surface area contributed by atoms with Gasteiger partial charge in [-0.1, -0.05) is 11.2 Å². The van der Waals surface area contributed by atoms with Crippen LogP contribution in [0.1, 0.15) is 29.2 Å².